The summed E-state index contributed by atoms with van der Waals surface area (Å²) in [4.78, 5) is 14.3. The van der Waals surface area contributed by atoms with Gasteiger partial charge in [0.05, 0.1) is 25.2 Å². The normalized spacial score (nSPS) is 54.0. The Balaban J connectivity index is 1.06. The Hall–Kier alpha value is -1.39. The van der Waals surface area contributed by atoms with Gasteiger partial charge >= 0.3 is 5.97 Å². The first-order chi connectivity index (χ1) is 26.0. The molecule has 21 atom stereocenters. The second kappa shape index (κ2) is 15.7. The molecule has 0 aromatic carbocycles. The number of hydrogen-bond donors (Lipinski definition) is 10. The molecule has 314 valence electrons. The van der Waals surface area contributed by atoms with Crippen molar-refractivity contribution in [3.8, 4) is 0 Å². The maximum absolute atomic E-state index is 14.3. The molecule has 55 heavy (non-hydrogen) atoms. The average Bonchev–Trinajstić information content (AvgIpc) is 3.39. The van der Waals surface area contributed by atoms with Gasteiger partial charge in [-0.15, -0.1) is 0 Å². The minimum atomic E-state index is -1.92. The van der Waals surface area contributed by atoms with Crippen LogP contribution >= 0.6 is 0 Å². The summed E-state index contributed by atoms with van der Waals surface area (Å²) in [6.45, 7) is 6.25. The lowest BCUT2D eigenvalue weighted by Gasteiger charge is -2.63. The fraction of sp³-hybridized carbons (Fsp3) is 0.921. The molecule has 1 spiro atoms. The highest BCUT2D eigenvalue weighted by Gasteiger charge is 2.66. The van der Waals surface area contributed by atoms with Crippen molar-refractivity contribution in [1.82, 2.24) is 0 Å². The zero-order chi connectivity index (χ0) is 39.8. The molecule has 0 radical (unpaired) electrons. The molecule has 1 unspecified atom stereocenters. The predicted octanol–water partition coefficient (Wildman–Crippen LogP) is -2.05. The lowest BCUT2D eigenvalue weighted by molar-refractivity contribution is -0.387. The van der Waals surface area contributed by atoms with Crippen molar-refractivity contribution in [3.05, 3.63) is 12.2 Å². The highest BCUT2D eigenvalue weighted by Crippen LogP contribution is 2.72. The Labute approximate surface area is 319 Å². The topological polar surface area (TPSA) is 275 Å². The van der Waals surface area contributed by atoms with Gasteiger partial charge in [-0.2, -0.15) is 0 Å². The number of esters is 1. The van der Waals surface area contributed by atoms with Crippen LogP contribution in [0.4, 0.5) is 0 Å². The van der Waals surface area contributed by atoms with Crippen LogP contribution in [0.3, 0.4) is 0 Å². The summed E-state index contributed by atoms with van der Waals surface area (Å²) >= 11 is 0. The van der Waals surface area contributed by atoms with Crippen LogP contribution in [-0.2, 0) is 33.2 Å². The first kappa shape index (κ1) is 41.8. The van der Waals surface area contributed by atoms with Crippen molar-refractivity contribution in [2.45, 2.75) is 164 Å². The van der Waals surface area contributed by atoms with Gasteiger partial charge in [0.1, 0.15) is 73.2 Å². The third kappa shape index (κ3) is 6.91. The molecule has 0 aromatic rings. The molecule has 10 N–H and O–H groups in total. The van der Waals surface area contributed by atoms with E-state index in [2.05, 4.69) is 13.5 Å². The predicted molar refractivity (Wildman–Crippen MR) is 185 cm³/mol. The van der Waals surface area contributed by atoms with Crippen molar-refractivity contribution < 1.29 is 84.3 Å². The number of rotatable bonds is 9. The maximum atomic E-state index is 14.3. The lowest BCUT2D eigenvalue weighted by Crippen LogP contribution is -2.67. The van der Waals surface area contributed by atoms with Gasteiger partial charge in [0, 0.05) is 0 Å². The zero-order valence-electron chi connectivity index (χ0n) is 31.4. The van der Waals surface area contributed by atoms with E-state index in [1.807, 2.05) is 6.92 Å². The number of carbonyl (C=O) groups is 1. The van der Waals surface area contributed by atoms with Gasteiger partial charge in [-0.3, -0.25) is 4.79 Å². The zero-order valence-corrected chi connectivity index (χ0v) is 31.4. The van der Waals surface area contributed by atoms with E-state index in [-0.39, 0.29) is 16.7 Å². The van der Waals surface area contributed by atoms with E-state index in [0.29, 0.717) is 18.3 Å². The summed E-state index contributed by atoms with van der Waals surface area (Å²) in [5, 5.41) is 105. The number of ether oxygens (including phenoxy) is 6. The van der Waals surface area contributed by atoms with E-state index >= 15 is 0 Å². The van der Waals surface area contributed by atoms with E-state index < -0.39 is 123 Å². The van der Waals surface area contributed by atoms with Crippen LogP contribution in [0.1, 0.15) is 71.6 Å². The fourth-order valence-electron chi connectivity index (χ4n) is 12.0. The van der Waals surface area contributed by atoms with Crippen LogP contribution in [0.25, 0.3) is 0 Å². The van der Waals surface area contributed by atoms with Gasteiger partial charge in [-0.05, 0) is 86.9 Å². The lowest BCUT2D eigenvalue weighted by atomic mass is 9.41. The molecule has 3 saturated heterocycles. The molecular weight excluding hydrogens is 728 g/mol. The summed E-state index contributed by atoms with van der Waals surface area (Å²) in [5.74, 6) is 0.487. The van der Waals surface area contributed by atoms with Gasteiger partial charge in [-0.25, -0.2) is 0 Å². The van der Waals surface area contributed by atoms with Crippen molar-refractivity contribution in [2.75, 3.05) is 19.8 Å². The van der Waals surface area contributed by atoms with Gasteiger partial charge in [0.2, 0.25) is 6.29 Å². The second-order valence-electron chi connectivity index (χ2n) is 17.8. The Morgan fingerprint density at radius 1 is 0.673 bits per heavy atom. The average molecular weight is 789 g/mol. The Bertz CT molecular complexity index is 1400. The van der Waals surface area contributed by atoms with Crippen LogP contribution in [0, 0.1) is 34.0 Å². The molecule has 2 bridgehead atoms. The first-order valence-electron chi connectivity index (χ1n) is 19.8. The van der Waals surface area contributed by atoms with Gasteiger partial charge in [-0.1, -0.05) is 25.5 Å². The van der Waals surface area contributed by atoms with E-state index in [0.717, 1.165) is 44.9 Å². The molecule has 4 saturated carbocycles. The van der Waals surface area contributed by atoms with Crippen LogP contribution in [0.2, 0.25) is 0 Å². The summed E-state index contributed by atoms with van der Waals surface area (Å²) in [5.41, 5.74) is 0.574. The van der Waals surface area contributed by atoms with Crippen molar-refractivity contribution in [3.63, 3.8) is 0 Å². The molecule has 17 nitrogen and oxygen atoms in total. The second-order valence-corrected chi connectivity index (χ2v) is 17.8. The highest BCUT2D eigenvalue weighted by atomic mass is 16.8. The summed E-state index contributed by atoms with van der Waals surface area (Å²) in [6.07, 6.45) is -17.3. The summed E-state index contributed by atoms with van der Waals surface area (Å²) in [6, 6.07) is 0. The van der Waals surface area contributed by atoms with Crippen molar-refractivity contribution in [1.29, 1.82) is 0 Å². The molecule has 4 aliphatic carbocycles. The Morgan fingerprint density at radius 3 is 1.93 bits per heavy atom. The minimum absolute atomic E-state index is 0.0167. The van der Waals surface area contributed by atoms with Gasteiger partial charge in [0.25, 0.3) is 0 Å². The Morgan fingerprint density at radius 2 is 1.25 bits per heavy atom. The molecule has 7 rings (SSSR count). The van der Waals surface area contributed by atoms with Crippen molar-refractivity contribution >= 4 is 5.97 Å². The highest BCUT2D eigenvalue weighted by molar-refractivity contribution is 5.77. The fourth-order valence-corrected chi connectivity index (χ4v) is 12.0. The molecule has 17 heteroatoms. The van der Waals surface area contributed by atoms with E-state index in [9.17, 15) is 55.9 Å². The molecular formula is C38H60O17. The molecule has 7 fully saturated rings. The maximum Gasteiger partial charge on any atom is 0.314 e. The monoisotopic (exact) mass is 788 g/mol. The van der Waals surface area contributed by atoms with Gasteiger partial charge in [0.15, 0.2) is 12.6 Å². The molecule has 7 aliphatic rings. The largest absolute Gasteiger partial charge is 0.432 e. The number of carbonyl (C=O) groups excluding carboxylic acids is 1. The quantitative estimate of drug-likeness (QED) is 0.0889. The minimum Gasteiger partial charge on any atom is -0.432 e. The smallest absolute Gasteiger partial charge is 0.314 e. The molecule has 3 aliphatic heterocycles. The van der Waals surface area contributed by atoms with Crippen LogP contribution in [-0.4, -0.2) is 169 Å². The molecule has 0 amide bonds. The number of fused-ring (bicyclic) bond motifs is 3. The van der Waals surface area contributed by atoms with Crippen LogP contribution < -0.4 is 0 Å². The Kier molecular flexibility index (Phi) is 11.9. The van der Waals surface area contributed by atoms with Crippen LogP contribution in [0.5, 0.6) is 0 Å². The standard InChI is InChI=1S/C38H60O17/c1-16-11-38-10-7-21-36(2,22(38)6-5-17(16)12-38)8-4-9-37(21,3)35(49)55-33-29(48)27(46)30(20(15-41)52-33)53-34-31(26(45)24(43)19(14-40)51-34)54-32-28(47)25(44)23(42)18(13-39)50-32/h17-34,39-48H,1,4-15H2,2-3H3/t17-,18-,19-,20-,21-,22-,23-,24-,25+,26+,27-,28-,29-,30-,31-,32-,33+,34-,36+,37?,38+/m1/s1. The van der Waals surface area contributed by atoms with E-state index in [1.165, 1.54) is 12.0 Å². The number of hydrogen-bond acceptors (Lipinski definition) is 17. The summed E-state index contributed by atoms with van der Waals surface area (Å²) in [7, 11) is 0. The van der Waals surface area contributed by atoms with E-state index in [4.69, 9.17) is 28.4 Å². The van der Waals surface area contributed by atoms with Crippen molar-refractivity contribution in [2.24, 2.45) is 34.0 Å². The third-order valence-corrected chi connectivity index (χ3v) is 14.8. The third-order valence-electron chi connectivity index (χ3n) is 14.8. The van der Waals surface area contributed by atoms with Gasteiger partial charge < -0.3 is 79.5 Å². The van der Waals surface area contributed by atoms with E-state index in [1.54, 1.807) is 0 Å². The number of allylic oxidation sites excluding steroid dienone is 1. The first-order valence-corrected chi connectivity index (χ1v) is 19.8. The summed E-state index contributed by atoms with van der Waals surface area (Å²) < 4.78 is 34.5. The number of aliphatic hydroxyl groups is 10. The SMILES string of the molecule is C=C1C[C@]23CC[C@H]4C(C)(C(=O)O[C@@H]5O[C@H](CO)[C@@H](O[C@H]6O[C@H](CO)[C@@H](O)[C@H](O)[C@H]6O[C@H]6O[C@H](CO)[C@@H](O)[C@H](O)[C@H]6O)[C@H](O)[C@H]5O)CCC[C@]4(C)[C@H]2CC[C@@H]1C3. The molecule has 0 aromatic heterocycles. The molecule has 3 heterocycles. The van der Waals surface area contributed by atoms with Crippen LogP contribution in [0.15, 0.2) is 12.2 Å². The number of aliphatic hydroxyl groups excluding tert-OH is 10.